The van der Waals surface area contributed by atoms with Gasteiger partial charge >= 0.3 is 0 Å². The summed E-state index contributed by atoms with van der Waals surface area (Å²) in [5, 5.41) is 0. The molecule has 0 unspecified atom stereocenters. The number of hydrogen-bond donors (Lipinski definition) is 0. The van der Waals surface area contributed by atoms with Gasteiger partial charge in [0, 0.05) is 31.4 Å². The Morgan fingerprint density at radius 3 is 2.32 bits per heavy atom. The number of rotatable bonds is 3. The van der Waals surface area contributed by atoms with Crippen LogP contribution in [-0.2, 0) is 6.42 Å². The minimum absolute atomic E-state index is 0.0795. The molecule has 0 atom stereocenters. The van der Waals surface area contributed by atoms with Crippen LogP contribution in [0.3, 0.4) is 0 Å². The summed E-state index contributed by atoms with van der Waals surface area (Å²) in [6.07, 6.45) is 3.50. The number of ketones is 1. The molecule has 0 spiro atoms. The van der Waals surface area contributed by atoms with Gasteiger partial charge in [-0.15, -0.1) is 0 Å². The van der Waals surface area contributed by atoms with Crippen LogP contribution in [0.1, 0.15) is 22.3 Å². The number of carbonyl (C=O) groups is 1. The third kappa shape index (κ3) is 2.57. The maximum atomic E-state index is 12.4. The summed E-state index contributed by atoms with van der Waals surface area (Å²) in [7, 11) is 7.02. The molecule has 19 heavy (non-hydrogen) atoms. The predicted octanol–water partition coefficient (Wildman–Crippen LogP) is 2.28. The smallest absolute Gasteiger partial charge is 0.190 e. The zero-order valence-electron chi connectivity index (χ0n) is 11.8. The number of benzene rings is 1. The van der Waals surface area contributed by atoms with Crippen LogP contribution in [0, 0.1) is 0 Å². The SMILES string of the molecule is COc1cc2c(cc1OC)C(=O)C(=CN(C)C)CC2. The van der Waals surface area contributed by atoms with Gasteiger partial charge in [-0.2, -0.15) is 0 Å². The molecule has 0 aromatic heterocycles. The van der Waals surface area contributed by atoms with E-state index in [9.17, 15) is 4.79 Å². The second-order valence-corrected chi connectivity index (χ2v) is 4.81. The molecule has 4 nitrogen and oxygen atoms in total. The minimum Gasteiger partial charge on any atom is -0.493 e. The van der Waals surface area contributed by atoms with Gasteiger partial charge in [0.25, 0.3) is 0 Å². The van der Waals surface area contributed by atoms with Crippen molar-refractivity contribution >= 4 is 5.78 Å². The van der Waals surface area contributed by atoms with E-state index < -0.39 is 0 Å². The first-order valence-corrected chi connectivity index (χ1v) is 6.23. The van der Waals surface area contributed by atoms with Crippen molar-refractivity contribution < 1.29 is 14.3 Å². The lowest BCUT2D eigenvalue weighted by atomic mass is 9.87. The predicted molar refractivity (Wildman–Crippen MR) is 74.0 cm³/mol. The van der Waals surface area contributed by atoms with Crippen LogP contribution >= 0.6 is 0 Å². The Hall–Kier alpha value is -1.97. The summed E-state index contributed by atoms with van der Waals surface area (Å²) in [4.78, 5) is 14.3. The topological polar surface area (TPSA) is 38.8 Å². The molecule has 0 amide bonds. The zero-order valence-corrected chi connectivity index (χ0v) is 11.8. The lowest BCUT2D eigenvalue weighted by Crippen LogP contribution is -2.17. The van der Waals surface area contributed by atoms with Gasteiger partial charge in [0.15, 0.2) is 17.3 Å². The van der Waals surface area contributed by atoms with Crippen molar-refractivity contribution in [1.82, 2.24) is 4.90 Å². The molecule has 4 heteroatoms. The first-order chi connectivity index (χ1) is 9.06. The van der Waals surface area contributed by atoms with E-state index in [1.165, 1.54) is 0 Å². The van der Waals surface area contributed by atoms with Crippen molar-refractivity contribution in [3.05, 3.63) is 35.0 Å². The molecule has 1 aliphatic rings. The largest absolute Gasteiger partial charge is 0.493 e. The number of aryl methyl sites for hydroxylation is 1. The second-order valence-electron chi connectivity index (χ2n) is 4.81. The molecule has 2 rings (SSSR count). The van der Waals surface area contributed by atoms with E-state index in [1.807, 2.05) is 31.3 Å². The first kappa shape index (κ1) is 13.5. The van der Waals surface area contributed by atoms with Gasteiger partial charge in [-0.25, -0.2) is 0 Å². The fourth-order valence-electron chi connectivity index (χ4n) is 2.33. The highest BCUT2D eigenvalue weighted by atomic mass is 16.5. The highest BCUT2D eigenvalue weighted by molar-refractivity contribution is 6.11. The van der Waals surface area contributed by atoms with Crippen molar-refractivity contribution in [1.29, 1.82) is 0 Å². The van der Waals surface area contributed by atoms with Crippen LogP contribution in [0.2, 0.25) is 0 Å². The number of Topliss-reactive ketones (excluding diaryl/α,β-unsaturated/α-hetero) is 1. The molecule has 1 aliphatic carbocycles. The first-order valence-electron chi connectivity index (χ1n) is 6.23. The number of carbonyl (C=O) groups excluding carboxylic acids is 1. The average molecular weight is 261 g/mol. The fourth-order valence-corrected chi connectivity index (χ4v) is 2.33. The minimum atomic E-state index is 0.0795. The van der Waals surface area contributed by atoms with Gasteiger partial charge < -0.3 is 14.4 Å². The van der Waals surface area contributed by atoms with Gasteiger partial charge in [-0.3, -0.25) is 4.79 Å². The Bertz CT molecular complexity index is 532. The van der Waals surface area contributed by atoms with Crippen molar-refractivity contribution in [3.8, 4) is 11.5 Å². The number of fused-ring (bicyclic) bond motifs is 1. The van der Waals surface area contributed by atoms with Gasteiger partial charge in [-0.1, -0.05) is 0 Å². The lowest BCUT2D eigenvalue weighted by Gasteiger charge is -2.21. The van der Waals surface area contributed by atoms with E-state index >= 15 is 0 Å². The third-order valence-electron chi connectivity index (χ3n) is 3.22. The summed E-state index contributed by atoms with van der Waals surface area (Å²) in [6, 6.07) is 3.68. The Kier molecular flexibility index (Phi) is 3.79. The molecule has 0 aliphatic heterocycles. The van der Waals surface area contributed by atoms with E-state index in [-0.39, 0.29) is 5.78 Å². The highest BCUT2D eigenvalue weighted by Crippen LogP contribution is 2.35. The molecular formula is C15H19NO3. The standard InChI is InChI=1S/C15H19NO3/c1-16(2)9-11-6-5-10-7-13(18-3)14(19-4)8-12(10)15(11)17/h7-9H,5-6H2,1-4H3. The Balaban J connectivity index is 2.46. The summed E-state index contributed by atoms with van der Waals surface area (Å²) >= 11 is 0. The molecule has 0 N–H and O–H groups in total. The van der Waals surface area contributed by atoms with E-state index in [0.29, 0.717) is 11.5 Å². The van der Waals surface area contributed by atoms with Crippen LogP contribution in [0.15, 0.2) is 23.9 Å². The van der Waals surface area contributed by atoms with E-state index in [2.05, 4.69) is 0 Å². The van der Waals surface area contributed by atoms with Crippen LogP contribution in [-0.4, -0.2) is 39.0 Å². The van der Waals surface area contributed by atoms with E-state index in [1.54, 1.807) is 20.3 Å². The van der Waals surface area contributed by atoms with E-state index in [0.717, 1.165) is 29.5 Å². The van der Waals surface area contributed by atoms with Gasteiger partial charge in [-0.05, 0) is 30.5 Å². The Labute approximate surface area is 113 Å². The van der Waals surface area contributed by atoms with Crippen LogP contribution in [0.4, 0.5) is 0 Å². The molecule has 0 fully saturated rings. The molecule has 1 aromatic rings. The molecule has 0 bridgehead atoms. The van der Waals surface area contributed by atoms with Crippen LogP contribution in [0.25, 0.3) is 0 Å². The summed E-state index contributed by atoms with van der Waals surface area (Å²) in [6.45, 7) is 0. The van der Waals surface area contributed by atoms with Gasteiger partial charge in [0.05, 0.1) is 14.2 Å². The van der Waals surface area contributed by atoms with Crippen LogP contribution in [0.5, 0.6) is 11.5 Å². The Morgan fingerprint density at radius 1 is 1.11 bits per heavy atom. The van der Waals surface area contributed by atoms with Crippen molar-refractivity contribution in [3.63, 3.8) is 0 Å². The van der Waals surface area contributed by atoms with Crippen molar-refractivity contribution in [2.24, 2.45) is 0 Å². The summed E-state index contributed by atoms with van der Waals surface area (Å²) in [5.41, 5.74) is 2.58. The highest BCUT2D eigenvalue weighted by Gasteiger charge is 2.24. The summed E-state index contributed by atoms with van der Waals surface area (Å²) < 4.78 is 10.5. The maximum absolute atomic E-state index is 12.4. The third-order valence-corrected chi connectivity index (χ3v) is 3.22. The number of hydrogen-bond acceptors (Lipinski definition) is 4. The van der Waals surface area contributed by atoms with Crippen molar-refractivity contribution in [2.45, 2.75) is 12.8 Å². The molecule has 1 aromatic carbocycles. The van der Waals surface area contributed by atoms with E-state index in [4.69, 9.17) is 9.47 Å². The van der Waals surface area contributed by atoms with Gasteiger partial charge in [0.2, 0.25) is 0 Å². The molecule has 102 valence electrons. The molecule has 0 radical (unpaired) electrons. The molecule has 0 saturated carbocycles. The molecule has 0 saturated heterocycles. The average Bonchev–Trinajstić information content (AvgIpc) is 2.40. The second kappa shape index (κ2) is 5.34. The van der Waals surface area contributed by atoms with Crippen LogP contribution < -0.4 is 9.47 Å². The van der Waals surface area contributed by atoms with Gasteiger partial charge in [0.1, 0.15) is 0 Å². The molecule has 0 heterocycles. The molecular weight excluding hydrogens is 242 g/mol. The normalized spacial score (nSPS) is 16.2. The monoisotopic (exact) mass is 261 g/mol. The number of ether oxygens (including phenoxy) is 2. The summed E-state index contributed by atoms with van der Waals surface area (Å²) in [5.74, 6) is 1.35. The number of methoxy groups -OCH3 is 2. The number of nitrogens with zero attached hydrogens (tertiary/aromatic N) is 1. The Morgan fingerprint density at radius 2 is 1.74 bits per heavy atom. The fraction of sp³-hybridized carbons (Fsp3) is 0.400. The lowest BCUT2D eigenvalue weighted by molar-refractivity contribution is 0.102. The van der Waals surface area contributed by atoms with Crippen molar-refractivity contribution in [2.75, 3.05) is 28.3 Å². The zero-order chi connectivity index (χ0) is 14.0. The maximum Gasteiger partial charge on any atom is 0.190 e. The quantitative estimate of drug-likeness (QED) is 0.782. The number of allylic oxidation sites excluding steroid dienone is 1.